The average Bonchev–Trinajstić information content (AvgIpc) is 1.86. The number of hydrogen-bond donors (Lipinski definition) is 0. The number of rotatable bonds is 4. The lowest BCUT2D eigenvalue weighted by Gasteiger charge is -1.99. The minimum atomic E-state index is 0.173. The van der Waals surface area contributed by atoms with Crippen molar-refractivity contribution in [3.8, 4) is 0 Å². The maximum Gasteiger partial charge on any atom is 0.139 e. The fraction of sp³-hybridized carbons (Fsp3) is 0.700. The molecule has 0 spiro atoms. The van der Waals surface area contributed by atoms with Crippen LogP contribution in [0.2, 0.25) is 0 Å². The molecule has 0 aliphatic rings. The highest BCUT2D eigenvalue weighted by atomic mass is 16.1. The van der Waals surface area contributed by atoms with E-state index in [2.05, 4.69) is 19.9 Å². The summed E-state index contributed by atoms with van der Waals surface area (Å²) in [5.41, 5.74) is 0. The maximum atomic E-state index is 11.1. The first kappa shape index (κ1) is 10.4. The van der Waals surface area contributed by atoms with E-state index < -0.39 is 0 Å². The molecule has 0 amide bonds. The lowest BCUT2D eigenvalue weighted by Crippen LogP contribution is -2.04. The molecule has 0 radical (unpaired) electrons. The zero-order chi connectivity index (χ0) is 8.85. The summed E-state index contributed by atoms with van der Waals surface area (Å²) in [6.45, 7) is 8.09. The van der Waals surface area contributed by atoms with Gasteiger partial charge in [-0.15, -0.1) is 0 Å². The standard InChI is InChI=1S/C10H18O/c1-8(2)6-5-7-10(11)9(3)4/h5-6,8-9H,7H2,1-4H3/b6-5+. The van der Waals surface area contributed by atoms with Crippen LogP contribution >= 0.6 is 0 Å². The quantitative estimate of drug-likeness (QED) is 0.569. The van der Waals surface area contributed by atoms with Gasteiger partial charge in [0.2, 0.25) is 0 Å². The second-order valence-electron chi connectivity index (χ2n) is 3.50. The van der Waals surface area contributed by atoms with Gasteiger partial charge in [0, 0.05) is 12.3 Å². The van der Waals surface area contributed by atoms with Gasteiger partial charge in [0.1, 0.15) is 5.78 Å². The van der Waals surface area contributed by atoms with Gasteiger partial charge in [0.05, 0.1) is 0 Å². The third-order valence-electron chi connectivity index (χ3n) is 1.48. The van der Waals surface area contributed by atoms with Crippen molar-refractivity contribution in [2.75, 3.05) is 0 Å². The molecule has 0 aromatic rings. The molecule has 0 rings (SSSR count). The number of carbonyl (C=O) groups is 1. The predicted molar refractivity (Wildman–Crippen MR) is 48.4 cm³/mol. The van der Waals surface area contributed by atoms with Crippen LogP contribution in [0.1, 0.15) is 34.1 Å². The Bertz CT molecular complexity index is 143. The number of ketones is 1. The second kappa shape index (κ2) is 5.11. The Hall–Kier alpha value is -0.590. The molecule has 64 valence electrons. The zero-order valence-corrected chi connectivity index (χ0v) is 7.92. The van der Waals surface area contributed by atoms with E-state index in [1.165, 1.54) is 0 Å². The monoisotopic (exact) mass is 154 g/mol. The molecule has 0 bridgehead atoms. The van der Waals surface area contributed by atoms with Gasteiger partial charge in [-0.05, 0) is 5.92 Å². The zero-order valence-electron chi connectivity index (χ0n) is 7.92. The van der Waals surface area contributed by atoms with E-state index in [4.69, 9.17) is 0 Å². The summed E-state index contributed by atoms with van der Waals surface area (Å²) in [4.78, 5) is 11.1. The van der Waals surface area contributed by atoms with Crippen LogP contribution in [0.3, 0.4) is 0 Å². The van der Waals surface area contributed by atoms with Crippen molar-refractivity contribution in [2.45, 2.75) is 34.1 Å². The van der Waals surface area contributed by atoms with Crippen LogP contribution in [0.25, 0.3) is 0 Å². The summed E-state index contributed by atoms with van der Waals surface area (Å²) in [7, 11) is 0. The number of Topliss-reactive ketones (excluding diaryl/α,β-unsaturated/α-hetero) is 1. The van der Waals surface area contributed by atoms with Gasteiger partial charge < -0.3 is 0 Å². The normalized spacial score (nSPS) is 11.8. The molecule has 0 saturated heterocycles. The third-order valence-corrected chi connectivity index (χ3v) is 1.48. The Labute approximate surface area is 69.5 Å². The molecule has 0 aliphatic carbocycles. The van der Waals surface area contributed by atoms with Crippen molar-refractivity contribution in [3.63, 3.8) is 0 Å². The molecule has 0 N–H and O–H groups in total. The molecule has 1 heteroatoms. The van der Waals surface area contributed by atoms with Gasteiger partial charge in [-0.2, -0.15) is 0 Å². The first-order valence-corrected chi connectivity index (χ1v) is 4.23. The topological polar surface area (TPSA) is 17.1 Å². The second-order valence-corrected chi connectivity index (χ2v) is 3.50. The van der Waals surface area contributed by atoms with Crippen LogP contribution in [0.4, 0.5) is 0 Å². The molecule has 0 heterocycles. The van der Waals surface area contributed by atoms with Gasteiger partial charge in [0.25, 0.3) is 0 Å². The van der Waals surface area contributed by atoms with Gasteiger partial charge in [-0.1, -0.05) is 39.8 Å². The molecule has 0 aromatic heterocycles. The lowest BCUT2D eigenvalue weighted by atomic mass is 10.1. The molecule has 0 unspecified atom stereocenters. The van der Waals surface area contributed by atoms with Gasteiger partial charge in [-0.3, -0.25) is 4.79 Å². The number of allylic oxidation sites excluding steroid dienone is 2. The van der Waals surface area contributed by atoms with Gasteiger partial charge in [0.15, 0.2) is 0 Å². The first-order chi connectivity index (χ1) is 5.04. The van der Waals surface area contributed by atoms with E-state index in [9.17, 15) is 4.79 Å². The van der Waals surface area contributed by atoms with Gasteiger partial charge >= 0.3 is 0 Å². The molecular formula is C10H18O. The molecule has 11 heavy (non-hydrogen) atoms. The molecule has 0 saturated carbocycles. The van der Waals surface area contributed by atoms with Crippen LogP contribution in [0.15, 0.2) is 12.2 Å². The SMILES string of the molecule is CC(C)/C=C/CC(=O)C(C)C. The van der Waals surface area contributed by atoms with Crippen molar-refractivity contribution in [1.82, 2.24) is 0 Å². The van der Waals surface area contributed by atoms with E-state index in [-0.39, 0.29) is 5.92 Å². The molecule has 0 aliphatic heterocycles. The largest absolute Gasteiger partial charge is 0.299 e. The van der Waals surface area contributed by atoms with Crippen molar-refractivity contribution in [1.29, 1.82) is 0 Å². The highest BCUT2D eigenvalue weighted by Gasteiger charge is 2.03. The van der Waals surface area contributed by atoms with Gasteiger partial charge in [-0.25, -0.2) is 0 Å². The van der Waals surface area contributed by atoms with Crippen LogP contribution in [0, 0.1) is 11.8 Å². The van der Waals surface area contributed by atoms with Crippen LogP contribution < -0.4 is 0 Å². The predicted octanol–water partition coefficient (Wildman–Crippen LogP) is 2.81. The summed E-state index contributed by atoms with van der Waals surface area (Å²) in [5, 5.41) is 0. The number of carbonyl (C=O) groups excluding carboxylic acids is 1. The third kappa shape index (κ3) is 5.84. The van der Waals surface area contributed by atoms with Crippen LogP contribution in [-0.2, 0) is 4.79 Å². The smallest absolute Gasteiger partial charge is 0.139 e. The molecule has 0 atom stereocenters. The average molecular weight is 154 g/mol. The van der Waals surface area contributed by atoms with Crippen LogP contribution in [0.5, 0.6) is 0 Å². The Morgan fingerprint density at radius 3 is 2.18 bits per heavy atom. The van der Waals surface area contributed by atoms with E-state index >= 15 is 0 Å². The van der Waals surface area contributed by atoms with Crippen molar-refractivity contribution < 1.29 is 4.79 Å². The summed E-state index contributed by atoms with van der Waals surface area (Å²) in [6, 6.07) is 0. The van der Waals surface area contributed by atoms with Crippen LogP contribution in [-0.4, -0.2) is 5.78 Å². The van der Waals surface area contributed by atoms with E-state index in [1.807, 2.05) is 19.9 Å². The molecule has 0 aromatic carbocycles. The first-order valence-electron chi connectivity index (χ1n) is 4.23. The number of hydrogen-bond acceptors (Lipinski definition) is 1. The van der Waals surface area contributed by atoms with E-state index in [0.717, 1.165) is 0 Å². The molecular weight excluding hydrogens is 136 g/mol. The van der Waals surface area contributed by atoms with Crippen molar-refractivity contribution in [3.05, 3.63) is 12.2 Å². The highest BCUT2D eigenvalue weighted by Crippen LogP contribution is 2.01. The Morgan fingerprint density at radius 1 is 1.27 bits per heavy atom. The lowest BCUT2D eigenvalue weighted by molar-refractivity contribution is -0.121. The van der Waals surface area contributed by atoms with E-state index in [1.54, 1.807) is 0 Å². The molecule has 0 fully saturated rings. The van der Waals surface area contributed by atoms with Crippen molar-refractivity contribution in [2.24, 2.45) is 11.8 Å². The fourth-order valence-corrected chi connectivity index (χ4v) is 0.692. The Kier molecular flexibility index (Phi) is 4.84. The van der Waals surface area contributed by atoms with Crippen molar-refractivity contribution >= 4 is 5.78 Å². The van der Waals surface area contributed by atoms with E-state index in [0.29, 0.717) is 18.1 Å². The Balaban J connectivity index is 3.62. The fourth-order valence-electron chi connectivity index (χ4n) is 0.692. The summed E-state index contributed by atoms with van der Waals surface area (Å²) >= 11 is 0. The molecule has 1 nitrogen and oxygen atoms in total. The highest BCUT2D eigenvalue weighted by molar-refractivity contribution is 5.81. The summed E-state index contributed by atoms with van der Waals surface area (Å²) in [5.74, 6) is 1.05. The summed E-state index contributed by atoms with van der Waals surface area (Å²) < 4.78 is 0. The minimum absolute atomic E-state index is 0.173. The summed E-state index contributed by atoms with van der Waals surface area (Å²) in [6.07, 6.45) is 4.63. The maximum absolute atomic E-state index is 11.1. The minimum Gasteiger partial charge on any atom is -0.299 e. The Morgan fingerprint density at radius 2 is 1.82 bits per heavy atom.